The Morgan fingerprint density at radius 2 is 2.40 bits per heavy atom. The van der Waals surface area contributed by atoms with E-state index in [1.54, 1.807) is 11.3 Å². The number of aryl methyl sites for hydroxylation is 1. The highest BCUT2D eigenvalue weighted by Gasteiger charge is 2.07. The molecule has 0 aromatic carbocycles. The number of thiazole rings is 1. The highest BCUT2D eigenvalue weighted by atomic mass is 32.1. The van der Waals surface area contributed by atoms with E-state index < -0.39 is 0 Å². The molecule has 1 aromatic heterocycles. The molecule has 0 aliphatic rings. The molecule has 0 amide bonds. The molecule has 0 saturated carbocycles. The lowest BCUT2D eigenvalue weighted by atomic mass is 10.1. The first-order chi connectivity index (χ1) is 4.75. The molecule has 0 fully saturated rings. The summed E-state index contributed by atoms with van der Waals surface area (Å²) in [5.74, 6) is 0.631. The van der Waals surface area contributed by atoms with Crippen LogP contribution in [0.4, 0.5) is 0 Å². The minimum Gasteiger partial charge on any atom is -0.249 e. The highest BCUT2D eigenvalue weighted by molar-refractivity contribution is 7.09. The van der Waals surface area contributed by atoms with Gasteiger partial charge in [0.2, 0.25) is 0 Å². The van der Waals surface area contributed by atoms with E-state index >= 15 is 0 Å². The van der Waals surface area contributed by atoms with Gasteiger partial charge in [-0.15, -0.1) is 11.3 Å². The molecule has 56 valence electrons. The Morgan fingerprint density at radius 3 is 2.80 bits per heavy atom. The molecule has 0 aliphatic heterocycles. The maximum absolute atomic E-state index is 4.31. The van der Waals surface area contributed by atoms with Crippen molar-refractivity contribution < 1.29 is 0 Å². The van der Waals surface area contributed by atoms with Gasteiger partial charge < -0.3 is 0 Å². The van der Waals surface area contributed by atoms with Crippen molar-refractivity contribution in [3.8, 4) is 0 Å². The third-order valence-corrected chi connectivity index (χ3v) is 2.63. The number of nitrogens with zero attached hydrogens (tertiary/aromatic N) is 1. The predicted octanol–water partition coefficient (Wildman–Crippen LogP) is 2.97. The van der Waals surface area contributed by atoms with Gasteiger partial charge in [0.05, 0.1) is 11.2 Å². The Bertz CT molecular complexity index is 205. The van der Waals surface area contributed by atoms with Gasteiger partial charge in [0, 0.05) is 4.88 Å². The van der Waals surface area contributed by atoms with Gasteiger partial charge in [0.15, 0.2) is 0 Å². The fraction of sp³-hybridized carbons (Fsp3) is 0.625. The SMILES string of the molecule is CCC(C)c1ncsc1C. The third kappa shape index (κ3) is 1.37. The van der Waals surface area contributed by atoms with Crippen LogP contribution in [-0.4, -0.2) is 4.98 Å². The minimum absolute atomic E-state index is 0.631. The lowest BCUT2D eigenvalue weighted by molar-refractivity contribution is 0.709. The fourth-order valence-corrected chi connectivity index (χ4v) is 1.68. The van der Waals surface area contributed by atoms with E-state index in [4.69, 9.17) is 0 Å². The van der Waals surface area contributed by atoms with Crippen molar-refractivity contribution in [3.05, 3.63) is 16.1 Å². The smallest absolute Gasteiger partial charge is 0.0797 e. The molecule has 1 heterocycles. The largest absolute Gasteiger partial charge is 0.249 e. The van der Waals surface area contributed by atoms with E-state index in [1.807, 2.05) is 5.51 Å². The average molecular weight is 155 g/mol. The van der Waals surface area contributed by atoms with Crippen molar-refractivity contribution in [3.63, 3.8) is 0 Å². The number of hydrogen-bond donors (Lipinski definition) is 0. The molecule has 0 bridgehead atoms. The van der Waals surface area contributed by atoms with Gasteiger partial charge in [-0.1, -0.05) is 13.8 Å². The second-order valence-electron chi connectivity index (χ2n) is 2.60. The maximum atomic E-state index is 4.31. The number of hydrogen-bond acceptors (Lipinski definition) is 2. The zero-order valence-corrected chi connectivity index (χ0v) is 7.53. The molecule has 10 heavy (non-hydrogen) atoms. The summed E-state index contributed by atoms with van der Waals surface area (Å²) in [6.07, 6.45) is 1.19. The van der Waals surface area contributed by atoms with Crippen molar-refractivity contribution in [2.75, 3.05) is 0 Å². The normalized spacial score (nSPS) is 13.5. The van der Waals surface area contributed by atoms with Crippen LogP contribution in [0, 0.1) is 6.92 Å². The molecule has 0 N–H and O–H groups in total. The van der Waals surface area contributed by atoms with Crippen molar-refractivity contribution in [1.29, 1.82) is 0 Å². The molecule has 0 aliphatic carbocycles. The molecular weight excluding hydrogens is 142 g/mol. The van der Waals surface area contributed by atoms with Crippen LogP contribution in [0.3, 0.4) is 0 Å². The van der Waals surface area contributed by atoms with Crippen LogP contribution < -0.4 is 0 Å². The van der Waals surface area contributed by atoms with Gasteiger partial charge in [0.1, 0.15) is 0 Å². The maximum Gasteiger partial charge on any atom is 0.0797 e. The van der Waals surface area contributed by atoms with Gasteiger partial charge in [-0.2, -0.15) is 0 Å². The Balaban J connectivity index is 2.82. The molecule has 1 nitrogen and oxygen atoms in total. The molecule has 0 spiro atoms. The summed E-state index contributed by atoms with van der Waals surface area (Å²) in [5.41, 5.74) is 3.21. The Kier molecular flexibility index (Phi) is 2.44. The molecule has 1 aromatic rings. The summed E-state index contributed by atoms with van der Waals surface area (Å²) >= 11 is 1.74. The summed E-state index contributed by atoms with van der Waals surface area (Å²) in [5, 5.41) is 0. The molecule has 1 unspecified atom stereocenters. The first kappa shape index (κ1) is 7.73. The second-order valence-corrected chi connectivity index (χ2v) is 3.66. The first-order valence-corrected chi connectivity index (χ1v) is 4.53. The number of aromatic nitrogens is 1. The second kappa shape index (κ2) is 3.15. The highest BCUT2D eigenvalue weighted by Crippen LogP contribution is 2.22. The lowest BCUT2D eigenvalue weighted by Crippen LogP contribution is -1.92. The van der Waals surface area contributed by atoms with Crippen LogP contribution in [0.1, 0.15) is 36.8 Å². The average Bonchev–Trinajstić information content (AvgIpc) is 2.34. The zero-order valence-electron chi connectivity index (χ0n) is 6.72. The Labute approximate surface area is 66.1 Å². The topological polar surface area (TPSA) is 12.9 Å². The summed E-state index contributed by atoms with van der Waals surface area (Å²) in [6, 6.07) is 0. The van der Waals surface area contributed by atoms with Crippen molar-refractivity contribution in [1.82, 2.24) is 4.98 Å². The van der Waals surface area contributed by atoms with E-state index in [9.17, 15) is 0 Å². The van der Waals surface area contributed by atoms with Gasteiger partial charge in [-0.05, 0) is 19.3 Å². The van der Waals surface area contributed by atoms with Gasteiger partial charge >= 0.3 is 0 Å². The lowest BCUT2D eigenvalue weighted by Gasteiger charge is -2.04. The molecule has 0 saturated heterocycles. The minimum atomic E-state index is 0.631. The van der Waals surface area contributed by atoms with Gasteiger partial charge in [-0.25, -0.2) is 4.98 Å². The summed E-state index contributed by atoms with van der Waals surface area (Å²) < 4.78 is 0. The Morgan fingerprint density at radius 1 is 1.70 bits per heavy atom. The fourth-order valence-electron chi connectivity index (χ4n) is 0.981. The van der Waals surface area contributed by atoms with Crippen LogP contribution in [0.25, 0.3) is 0 Å². The first-order valence-electron chi connectivity index (χ1n) is 3.65. The van der Waals surface area contributed by atoms with Crippen LogP contribution >= 0.6 is 11.3 Å². The van der Waals surface area contributed by atoms with Crippen molar-refractivity contribution >= 4 is 11.3 Å². The molecular formula is C8H13NS. The molecule has 0 radical (unpaired) electrons. The monoisotopic (exact) mass is 155 g/mol. The van der Waals surface area contributed by atoms with Crippen LogP contribution in [0.2, 0.25) is 0 Å². The number of rotatable bonds is 2. The van der Waals surface area contributed by atoms with E-state index in [2.05, 4.69) is 25.8 Å². The van der Waals surface area contributed by atoms with Gasteiger partial charge in [0.25, 0.3) is 0 Å². The van der Waals surface area contributed by atoms with E-state index in [1.165, 1.54) is 17.0 Å². The van der Waals surface area contributed by atoms with Crippen molar-refractivity contribution in [2.45, 2.75) is 33.1 Å². The zero-order chi connectivity index (χ0) is 7.56. The molecule has 1 atom stereocenters. The third-order valence-electron chi connectivity index (χ3n) is 1.86. The van der Waals surface area contributed by atoms with Crippen molar-refractivity contribution in [2.24, 2.45) is 0 Å². The Hall–Kier alpha value is -0.370. The summed E-state index contributed by atoms with van der Waals surface area (Å²) in [4.78, 5) is 5.67. The predicted molar refractivity (Wildman–Crippen MR) is 45.6 cm³/mol. The van der Waals surface area contributed by atoms with Crippen LogP contribution in [-0.2, 0) is 0 Å². The van der Waals surface area contributed by atoms with Gasteiger partial charge in [-0.3, -0.25) is 0 Å². The quantitative estimate of drug-likeness (QED) is 0.640. The summed E-state index contributed by atoms with van der Waals surface area (Å²) in [7, 11) is 0. The van der Waals surface area contributed by atoms with Crippen LogP contribution in [0.15, 0.2) is 5.51 Å². The van der Waals surface area contributed by atoms with Crippen LogP contribution in [0.5, 0.6) is 0 Å². The van der Waals surface area contributed by atoms with E-state index in [-0.39, 0.29) is 0 Å². The standard InChI is InChI=1S/C8H13NS/c1-4-6(2)8-7(3)10-5-9-8/h5-6H,4H2,1-3H3. The van der Waals surface area contributed by atoms with E-state index in [0.29, 0.717) is 5.92 Å². The molecule has 1 rings (SSSR count). The van der Waals surface area contributed by atoms with E-state index in [0.717, 1.165) is 0 Å². The molecule has 2 heteroatoms. The summed E-state index contributed by atoms with van der Waals surface area (Å²) in [6.45, 7) is 6.56.